The van der Waals surface area contributed by atoms with E-state index in [2.05, 4.69) is 11.8 Å². The summed E-state index contributed by atoms with van der Waals surface area (Å²) in [6.07, 6.45) is 3.99. The second-order valence-electron chi connectivity index (χ2n) is 4.67. The van der Waals surface area contributed by atoms with Crippen LogP contribution in [0.2, 0.25) is 0 Å². The maximum absolute atomic E-state index is 7.39. The van der Waals surface area contributed by atoms with Crippen molar-refractivity contribution in [3.63, 3.8) is 0 Å². The van der Waals surface area contributed by atoms with Crippen LogP contribution < -0.4 is 5.73 Å². The number of hydrogen-bond acceptors (Lipinski definition) is 3. The van der Waals surface area contributed by atoms with Crippen molar-refractivity contribution in [1.82, 2.24) is 4.90 Å². The van der Waals surface area contributed by atoms with Crippen molar-refractivity contribution < 1.29 is 4.74 Å². The van der Waals surface area contributed by atoms with Gasteiger partial charge < -0.3 is 15.4 Å². The Balaban J connectivity index is 2.22. The molecule has 0 radical (unpaired) electrons. The molecule has 3 N–H and O–H groups in total. The molecular weight excluding hydrogens is 202 g/mol. The Kier molecular flexibility index (Phi) is 5.77. The van der Waals surface area contributed by atoms with Crippen molar-refractivity contribution >= 4 is 5.84 Å². The first-order valence-corrected chi connectivity index (χ1v) is 6.31. The van der Waals surface area contributed by atoms with E-state index in [1.54, 1.807) is 0 Å². The standard InChI is InChI=1S/C12H25N3O/c1-3-15(9-10(2)12(13)14)7-6-11-5-4-8-16-11/h10-11H,3-9H2,1-2H3,(H3,13,14). The smallest absolute Gasteiger partial charge is 0.0947 e. The van der Waals surface area contributed by atoms with Gasteiger partial charge in [-0.1, -0.05) is 13.8 Å². The fourth-order valence-corrected chi connectivity index (χ4v) is 2.06. The third-order valence-corrected chi connectivity index (χ3v) is 3.30. The topological polar surface area (TPSA) is 62.3 Å². The van der Waals surface area contributed by atoms with Gasteiger partial charge in [-0.3, -0.25) is 5.41 Å². The molecule has 1 aliphatic heterocycles. The SMILES string of the molecule is CCN(CCC1CCCO1)CC(C)C(=N)N. The highest BCUT2D eigenvalue weighted by atomic mass is 16.5. The third-order valence-electron chi connectivity index (χ3n) is 3.30. The van der Waals surface area contributed by atoms with Gasteiger partial charge in [0.1, 0.15) is 0 Å². The molecule has 1 rings (SSSR count). The van der Waals surface area contributed by atoms with Crippen molar-refractivity contribution in [1.29, 1.82) is 5.41 Å². The fraction of sp³-hybridized carbons (Fsp3) is 0.917. The van der Waals surface area contributed by atoms with E-state index >= 15 is 0 Å². The highest BCUT2D eigenvalue weighted by molar-refractivity contribution is 5.79. The number of amidine groups is 1. The average Bonchev–Trinajstić information content (AvgIpc) is 2.76. The monoisotopic (exact) mass is 227 g/mol. The summed E-state index contributed by atoms with van der Waals surface area (Å²) in [5, 5.41) is 7.39. The van der Waals surface area contributed by atoms with E-state index in [0.29, 0.717) is 6.10 Å². The number of ether oxygens (including phenoxy) is 1. The Morgan fingerprint density at radius 1 is 1.62 bits per heavy atom. The zero-order valence-corrected chi connectivity index (χ0v) is 10.5. The summed E-state index contributed by atoms with van der Waals surface area (Å²) in [4.78, 5) is 2.35. The second kappa shape index (κ2) is 6.86. The number of hydrogen-bond donors (Lipinski definition) is 2. The highest BCUT2D eigenvalue weighted by Gasteiger charge is 2.17. The minimum Gasteiger partial charge on any atom is -0.387 e. The molecule has 1 fully saturated rings. The van der Waals surface area contributed by atoms with Crippen LogP contribution in [0.15, 0.2) is 0 Å². The van der Waals surface area contributed by atoms with Crippen LogP contribution in [0.25, 0.3) is 0 Å². The first-order chi connectivity index (χ1) is 7.63. The predicted molar refractivity (Wildman–Crippen MR) is 66.8 cm³/mol. The number of nitrogens with one attached hydrogen (secondary N) is 1. The van der Waals surface area contributed by atoms with E-state index in [1.807, 2.05) is 6.92 Å². The molecule has 4 nitrogen and oxygen atoms in total. The van der Waals surface area contributed by atoms with Crippen molar-refractivity contribution in [2.24, 2.45) is 11.7 Å². The average molecular weight is 227 g/mol. The van der Waals surface area contributed by atoms with Crippen LogP contribution in [0.4, 0.5) is 0 Å². The summed E-state index contributed by atoms with van der Waals surface area (Å²) in [6, 6.07) is 0. The van der Waals surface area contributed by atoms with Crippen LogP contribution in [-0.4, -0.2) is 43.1 Å². The van der Waals surface area contributed by atoms with E-state index in [4.69, 9.17) is 15.9 Å². The van der Waals surface area contributed by atoms with Gasteiger partial charge in [0.25, 0.3) is 0 Å². The summed E-state index contributed by atoms with van der Waals surface area (Å²) >= 11 is 0. The molecule has 1 saturated heterocycles. The number of nitrogens with zero attached hydrogens (tertiary/aromatic N) is 1. The Bertz CT molecular complexity index is 214. The molecule has 0 aromatic heterocycles. The Labute approximate surface area is 98.6 Å². The maximum Gasteiger partial charge on any atom is 0.0947 e. The zero-order valence-electron chi connectivity index (χ0n) is 10.5. The molecule has 94 valence electrons. The van der Waals surface area contributed by atoms with Crippen LogP contribution in [0.5, 0.6) is 0 Å². The quantitative estimate of drug-likeness (QED) is 0.511. The minimum atomic E-state index is 0.157. The largest absolute Gasteiger partial charge is 0.387 e. The summed E-state index contributed by atoms with van der Waals surface area (Å²) in [5.41, 5.74) is 5.49. The highest BCUT2D eigenvalue weighted by Crippen LogP contribution is 2.15. The van der Waals surface area contributed by atoms with Gasteiger partial charge in [-0.25, -0.2) is 0 Å². The molecule has 1 aliphatic rings. The summed E-state index contributed by atoms with van der Waals surface area (Å²) < 4.78 is 5.61. The first-order valence-electron chi connectivity index (χ1n) is 6.31. The molecule has 0 spiro atoms. The van der Waals surface area contributed by atoms with E-state index < -0.39 is 0 Å². The van der Waals surface area contributed by atoms with Crippen molar-refractivity contribution in [2.75, 3.05) is 26.2 Å². The molecule has 0 aromatic rings. The molecule has 2 atom stereocenters. The molecule has 4 heteroatoms. The molecule has 1 heterocycles. The number of nitrogens with two attached hydrogens (primary N) is 1. The maximum atomic E-state index is 7.39. The minimum absolute atomic E-state index is 0.157. The Morgan fingerprint density at radius 2 is 2.38 bits per heavy atom. The lowest BCUT2D eigenvalue weighted by molar-refractivity contribution is 0.0918. The zero-order chi connectivity index (χ0) is 12.0. The lowest BCUT2D eigenvalue weighted by Gasteiger charge is -2.24. The van der Waals surface area contributed by atoms with Crippen LogP contribution >= 0.6 is 0 Å². The molecule has 0 saturated carbocycles. The molecule has 0 aromatic carbocycles. The van der Waals surface area contributed by atoms with E-state index in [-0.39, 0.29) is 11.8 Å². The Hall–Kier alpha value is -0.610. The van der Waals surface area contributed by atoms with E-state index in [1.165, 1.54) is 12.8 Å². The van der Waals surface area contributed by atoms with Crippen molar-refractivity contribution in [2.45, 2.75) is 39.2 Å². The second-order valence-corrected chi connectivity index (χ2v) is 4.67. The number of rotatable bonds is 7. The third kappa shape index (κ3) is 4.49. The van der Waals surface area contributed by atoms with Crippen LogP contribution in [0, 0.1) is 11.3 Å². The molecular formula is C12H25N3O. The van der Waals surface area contributed by atoms with Crippen LogP contribution in [0.3, 0.4) is 0 Å². The molecule has 2 unspecified atom stereocenters. The van der Waals surface area contributed by atoms with Gasteiger partial charge >= 0.3 is 0 Å². The summed E-state index contributed by atoms with van der Waals surface area (Å²) in [6.45, 7) is 8.06. The van der Waals surface area contributed by atoms with Gasteiger partial charge in [0, 0.05) is 25.6 Å². The van der Waals surface area contributed by atoms with Gasteiger partial charge in [0.15, 0.2) is 0 Å². The molecule has 0 aliphatic carbocycles. The van der Waals surface area contributed by atoms with Crippen molar-refractivity contribution in [3.05, 3.63) is 0 Å². The van der Waals surface area contributed by atoms with Gasteiger partial charge in [-0.15, -0.1) is 0 Å². The summed E-state index contributed by atoms with van der Waals surface area (Å²) in [7, 11) is 0. The van der Waals surface area contributed by atoms with E-state index in [0.717, 1.165) is 32.7 Å². The summed E-state index contributed by atoms with van der Waals surface area (Å²) in [5.74, 6) is 0.444. The first kappa shape index (κ1) is 13.5. The van der Waals surface area contributed by atoms with Gasteiger partial charge in [0.05, 0.1) is 11.9 Å². The van der Waals surface area contributed by atoms with Gasteiger partial charge in [-0.2, -0.15) is 0 Å². The van der Waals surface area contributed by atoms with Crippen LogP contribution in [0.1, 0.15) is 33.1 Å². The van der Waals surface area contributed by atoms with Crippen molar-refractivity contribution in [3.8, 4) is 0 Å². The lowest BCUT2D eigenvalue weighted by Crippen LogP contribution is -2.36. The fourth-order valence-electron chi connectivity index (χ4n) is 2.06. The predicted octanol–water partition coefficient (Wildman–Crippen LogP) is 1.45. The lowest BCUT2D eigenvalue weighted by atomic mass is 10.1. The van der Waals surface area contributed by atoms with E-state index in [9.17, 15) is 0 Å². The van der Waals surface area contributed by atoms with Gasteiger partial charge in [-0.05, 0) is 25.8 Å². The van der Waals surface area contributed by atoms with Gasteiger partial charge in [0.2, 0.25) is 0 Å². The Morgan fingerprint density at radius 3 is 2.88 bits per heavy atom. The molecule has 0 bridgehead atoms. The van der Waals surface area contributed by atoms with Crippen LogP contribution in [-0.2, 0) is 4.74 Å². The normalized spacial score (nSPS) is 22.6. The molecule has 0 amide bonds. The molecule has 16 heavy (non-hydrogen) atoms.